The number of carboxylic acid groups (broad SMARTS) is 1. The van der Waals surface area contributed by atoms with E-state index in [-0.39, 0.29) is 13.0 Å². The summed E-state index contributed by atoms with van der Waals surface area (Å²) in [5.74, 6) is -2.14. The lowest BCUT2D eigenvalue weighted by Crippen LogP contribution is -2.67. The molecule has 0 aromatic carbocycles. The second-order valence-corrected chi connectivity index (χ2v) is 5.17. The Bertz CT molecular complexity index is 446. The van der Waals surface area contributed by atoms with Gasteiger partial charge in [0.05, 0.1) is 6.42 Å². The molecule has 1 aliphatic heterocycles. The molecule has 1 unspecified atom stereocenters. The van der Waals surface area contributed by atoms with Crippen LogP contribution in [0, 0.1) is 0 Å². The van der Waals surface area contributed by atoms with Gasteiger partial charge in [-0.15, -0.1) is 0 Å². The Morgan fingerprint density at radius 2 is 2.05 bits per heavy atom. The van der Waals surface area contributed by atoms with Crippen molar-refractivity contribution in [2.45, 2.75) is 45.2 Å². The highest BCUT2D eigenvalue weighted by Crippen LogP contribution is 2.18. The third-order valence-electron chi connectivity index (χ3n) is 3.27. The van der Waals surface area contributed by atoms with Crippen LogP contribution in [-0.4, -0.2) is 51.9 Å². The minimum Gasteiger partial charge on any atom is -0.481 e. The van der Waals surface area contributed by atoms with Crippen LogP contribution in [0.15, 0.2) is 0 Å². The van der Waals surface area contributed by atoms with Crippen LogP contribution >= 0.6 is 0 Å². The quantitative estimate of drug-likeness (QED) is 0.612. The van der Waals surface area contributed by atoms with Gasteiger partial charge in [0.1, 0.15) is 12.1 Å². The number of rotatable bonds is 4. The Labute approximate surface area is 116 Å². The molecule has 1 fully saturated rings. The fourth-order valence-corrected chi connectivity index (χ4v) is 1.87. The van der Waals surface area contributed by atoms with Crippen LogP contribution in [0.4, 0.5) is 4.79 Å². The molecule has 0 aliphatic carbocycles. The van der Waals surface area contributed by atoms with Gasteiger partial charge < -0.3 is 15.3 Å². The number of hydrogen-bond donors (Lipinski definition) is 3. The molecule has 0 radical (unpaired) electrons. The maximum atomic E-state index is 12.1. The number of nitrogens with zero attached hydrogens (tertiary/aromatic N) is 1. The summed E-state index contributed by atoms with van der Waals surface area (Å²) in [4.78, 5) is 47.0. The average molecular weight is 285 g/mol. The van der Waals surface area contributed by atoms with Crippen molar-refractivity contribution < 1.29 is 24.3 Å². The molecule has 0 saturated carbocycles. The number of carbonyl (C=O) groups is 4. The third kappa shape index (κ3) is 3.46. The zero-order valence-corrected chi connectivity index (χ0v) is 11.7. The number of imide groups is 1. The number of nitrogens with one attached hydrogen (secondary N) is 2. The Morgan fingerprint density at radius 1 is 1.45 bits per heavy atom. The number of carbonyl (C=O) groups excluding carboxylic acids is 3. The molecule has 1 heterocycles. The Hall–Kier alpha value is -2.12. The van der Waals surface area contributed by atoms with Gasteiger partial charge >= 0.3 is 12.0 Å². The first-order valence-electron chi connectivity index (χ1n) is 6.32. The number of urea groups is 1. The van der Waals surface area contributed by atoms with Crippen molar-refractivity contribution >= 4 is 23.8 Å². The van der Waals surface area contributed by atoms with E-state index >= 15 is 0 Å². The van der Waals surface area contributed by atoms with Gasteiger partial charge in [-0.3, -0.25) is 19.7 Å². The molecular formula is C12H19N3O5. The number of hydrogen-bond acceptors (Lipinski definition) is 4. The second-order valence-electron chi connectivity index (χ2n) is 5.17. The summed E-state index contributed by atoms with van der Waals surface area (Å²) < 4.78 is 0. The summed E-state index contributed by atoms with van der Waals surface area (Å²) in [6.07, 6.45) is 0.225. The summed E-state index contributed by atoms with van der Waals surface area (Å²) in [6, 6.07) is -1.16. The third-order valence-corrected chi connectivity index (χ3v) is 3.27. The van der Waals surface area contributed by atoms with E-state index in [1.165, 1.54) is 13.8 Å². The summed E-state index contributed by atoms with van der Waals surface area (Å²) >= 11 is 0. The van der Waals surface area contributed by atoms with Crippen LogP contribution < -0.4 is 10.6 Å². The molecule has 1 aliphatic rings. The zero-order chi connectivity index (χ0) is 15.5. The second kappa shape index (κ2) is 5.89. The molecule has 8 nitrogen and oxygen atoms in total. The highest BCUT2D eigenvalue weighted by Gasteiger charge is 2.43. The van der Waals surface area contributed by atoms with E-state index in [0.717, 1.165) is 4.90 Å². The van der Waals surface area contributed by atoms with Gasteiger partial charge in [0, 0.05) is 6.04 Å². The predicted octanol–water partition coefficient (Wildman–Crippen LogP) is -0.314. The van der Waals surface area contributed by atoms with Gasteiger partial charge in [0.25, 0.3) is 5.91 Å². The first kappa shape index (κ1) is 15.9. The molecule has 20 heavy (non-hydrogen) atoms. The number of amides is 4. The van der Waals surface area contributed by atoms with E-state index in [1.54, 1.807) is 6.92 Å². The lowest BCUT2D eigenvalue weighted by Gasteiger charge is -2.40. The van der Waals surface area contributed by atoms with Crippen molar-refractivity contribution in [2.75, 3.05) is 6.54 Å². The first-order valence-corrected chi connectivity index (χ1v) is 6.32. The van der Waals surface area contributed by atoms with Crippen LogP contribution in [0.5, 0.6) is 0 Å². The van der Waals surface area contributed by atoms with Gasteiger partial charge in [-0.25, -0.2) is 4.79 Å². The van der Waals surface area contributed by atoms with Gasteiger partial charge in [0.2, 0.25) is 5.91 Å². The molecule has 112 valence electrons. The standard InChI is InChI=1S/C12H19N3O5/c1-4-7(5-9(17)18)13-11(20)15-6-8(16)14-10(19)12(15,2)3/h7H,4-6H2,1-3H3,(H,13,20)(H,17,18)(H,14,16,19). The molecule has 1 rings (SSSR count). The Kier molecular flexibility index (Phi) is 4.69. The lowest BCUT2D eigenvalue weighted by molar-refractivity contribution is -0.143. The molecular weight excluding hydrogens is 266 g/mol. The molecule has 8 heteroatoms. The number of aliphatic carboxylic acids is 1. The molecule has 4 amide bonds. The van der Waals surface area contributed by atoms with Crippen LogP contribution in [0.2, 0.25) is 0 Å². The molecule has 3 N–H and O–H groups in total. The van der Waals surface area contributed by atoms with Crippen molar-refractivity contribution in [3.8, 4) is 0 Å². The Balaban J connectivity index is 2.81. The van der Waals surface area contributed by atoms with Crippen molar-refractivity contribution in [2.24, 2.45) is 0 Å². The number of carboxylic acids is 1. The molecule has 0 bridgehead atoms. The summed E-state index contributed by atoms with van der Waals surface area (Å²) in [6.45, 7) is 4.54. The fourth-order valence-electron chi connectivity index (χ4n) is 1.87. The average Bonchev–Trinajstić information content (AvgIpc) is 2.32. The van der Waals surface area contributed by atoms with Crippen molar-refractivity contribution in [3.05, 3.63) is 0 Å². The number of piperazine rings is 1. The maximum absolute atomic E-state index is 12.1. The Morgan fingerprint density at radius 3 is 2.55 bits per heavy atom. The highest BCUT2D eigenvalue weighted by atomic mass is 16.4. The van der Waals surface area contributed by atoms with E-state index in [2.05, 4.69) is 10.6 Å². The monoisotopic (exact) mass is 285 g/mol. The van der Waals surface area contributed by atoms with E-state index in [0.29, 0.717) is 6.42 Å². The van der Waals surface area contributed by atoms with Gasteiger partial charge in [-0.2, -0.15) is 0 Å². The highest BCUT2D eigenvalue weighted by molar-refractivity contribution is 6.06. The van der Waals surface area contributed by atoms with E-state index in [1.807, 2.05) is 0 Å². The van der Waals surface area contributed by atoms with Gasteiger partial charge in [-0.05, 0) is 20.3 Å². The van der Waals surface area contributed by atoms with Crippen LogP contribution in [0.3, 0.4) is 0 Å². The largest absolute Gasteiger partial charge is 0.481 e. The summed E-state index contributed by atoms with van der Waals surface area (Å²) in [5.41, 5.74) is -1.17. The molecule has 1 saturated heterocycles. The molecule has 0 aromatic heterocycles. The SMILES string of the molecule is CCC(CC(=O)O)NC(=O)N1CC(=O)NC(=O)C1(C)C. The smallest absolute Gasteiger partial charge is 0.318 e. The van der Waals surface area contributed by atoms with Crippen molar-refractivity contribution in [3.63, 3.8) is 0 Å². The molecule has 0 spiro atoms. The fraction of sp³-hybridized carbons (Fsp3) is 0.667. The minimum absolute atomic E-state index is 0.212. The lowest BCUT2D eigenvalue weighted by atomic mass is 9.99. The summed E-state index contributed by atoms with van der Waals surface area (Å²) in [5, 5.41) is 13.4. The normalized spacial score (nSPS) is 19.2. The zero-order valence-electron chi connectivity index (χ0n) is 11.7. The van der Waals surface area contributed by atoms with Crippen LogP contribution in [-0.2, 0) is 14.4 Å². The van der Waals surface area contributed by atoms with Gasteiger partial charge in [-0.1, -0.05) is 6.92 Å². The minimum atomic E-state index is -1.17. The van der Waals surface area contributed by atoms with E-state index < -0.39 is 35.4 Å². The van der Waals surface area contributed by atoms with Crippen LogP contribution in [0.1, 0.15) is 33.6 Å². The van der Waals surface area contributed by atoms with Crippen molar-refractivity contribution in [1.82, 2.24) is 15.5 Å². The molecule has 0 aromatic rings. The maximum Gasteiger partial charge on any atom is 0.318 e. The predicted molar refractivity (Wildman–Crippen MR) is 68.8 cm³/mol. The van der Waals surface area contributed by atoms with Gasteiger partial charge in [0.15, 0.2) is 0 Å². The first-order chi connectivity index (χ1) is 9.18. The van der Waals surface area contributed by atoms with E-state index in [9.17, 15) is 19.2 Å². The van der Waals surface area contributed by atoms with Crippen molar-refractivity contribution in [1.29, 1.82) is 0 Å². The molecule has 1 atom stereocenters. The van der Waals surface area contributed by atoms with E-state index in [4.69, 9.17) is 5.11 Å². The topological polar surface area (TPSA) is 116 Å². The summed E-state index contributed by atoms with van der Waals surface area (Å²) in [7, 11) is 0. The van der Waals surface area contributed by atoms with Crippen LogP contribution in [0.25, 0.3) is 0 Å².